The van der Waals surface area contributed by atoms with E-state index in [1.54, 1.807) is 13.0 Å². The van der Waals surface area contributed by atoms with Gasteiger partial charge in [0.15, 0.2) is 0 Å². The topological polar surface area (TPSA) is 75.6 Å². The number of carbonyl (C=O) groups is 2. The summed E-state index contributed by atoms with van der Waals surface area (Å²) in [6.45, 7) is 2.47. The molecule has 1 unspecified atom stereocenters. The fraction of sp³-hybridized carbons (Fsp3) is 0.500. The average molecular weight is 326 g/mol. The monoisotopic (exact) mass is 325 g/mol. The van der Waals surface area contributed by atoms with Gasteiger partial charge in [-0.3, -0.25) is 4.79 Å². The van der Waals surface area contributed by atoms with Crippen LogP contribution in [0.2, 0.25) is 5.02 Å². The van der Waals surface area contributed by atoms with E-state index >= 15 is 0 Å². The maximum atomic E-state index is 12.4. The lowest BCUT2D eigenvalue weighted by atomic mass is 9.89. The van der Waals surface area contributed by atoms with E-state index < -0.39 is 11.5 Å². The molecule has 0 saturated carbocycles. The number of carbonyl (C=O) groups excluding carboxylic acids is 1. The van der Waals surface area contributed by atoms with Crippen LogP contribution in [0.3, 0.4) is 0 Å². The maximum Gasteiger partial charge on any atom is 0.329 e. The Morgan fingerprint density at radius 1 is 1.41 bits per heavy atom. The summed E-state index contributed by atoms with van der Waals surface area (Å²) < 4.78 is 5.20. The Balaban J connectivity index is 2.02. The van der Waals surface area contributed by atoms with Gasteiger partial charge in [-0.2, -0.15) is 0 Å². The molecule has 2 N–H and O–H groups in total. The third kappa shape index (κ3) is 3.99. The van der Waals surface area contributed by atoms with Crippen LogP contribution in [-0.2, 0) is 20.7 Å². The van der Waals surface area contributed by atoms with Gasteiger partial charge in [0.2, 0.25) is 5.91 Å². The van der Waals surface area contributed by atoms with E-state index in [4.69, 9.17) is 16.3 Å². The van der Waals surface area contributed by atoms with Crippen LogP contribution in [0.5, 0.6) is 0 Å². The average Bonchev–Trinajstić information content (AvgIpc) is 2.48. The molecule has 2 rings (SSSR count). The molecule has 1 fully saturated rings. The number of rotatable bonds is 5. The summed E-state index contributed by atoms with van der Waals surface area (Å²) in [5, 5.41) is 12.8. The number of ether oxygens (including phenoxy) is 1. The first-order chi connectivity index (χ1) is 10.4. The Kier molecular flexibility index (Phi) is 5.42. The van der Waals surface area contributed by atoms with Gasteiger partial charge in [-0.1, -0.05) is 30.7 Å². The van der Waals surface area contributed by atoms with Crippen molar-refractivity contribution in [1.82, 2.24) is 5.32 Å². The maximum absolute atomic E-state index is 12.4. The number of aliphatic carboxylic acids is 1. The Bertz CT molecular complexity index is 555. The second-order valence-corrected chi connectivity index (χ2v) is 6.16. The number of carboxylic acid groups (broad SMARTS) is 1. The molecule has 1 aromatic rings. The van der Waals surface area contributed by atoms with Gasteiger partial charge >= 0.3 is 5.97 Å². The van der Waals surface area contributed by atoms with E-state index in [1.165, 1.54) is 0 Å². The Hall–Kier alpha value is -1.59. The molecule has 0 aliphatic carbocycles. The minimum absolute atomic E-state index is 0.260. The van der Waals surface area contributed by atoms with E-state index in [1.807, 2.05) is 18.2 Å². The highest BCUT2D eigenvalue weighted by Crippen LogP contribution is 2.22. The fourth-order valence-corrected chi connectivity index (χ4v) is 2.79. The molecule has 1 atom stereocenters. The van der Waals surface area contributed by atoms with Gasteiger partial charge < -0.3 is 15.2 Å². The first-order valence-corrected chi connectivity index (χ1v) is 7.68. The van der Waals surface area contributed by atoms with Crippen LogP contribution in [0.1, 0.15) is 25.3 Å². The lowest BCUT2D eigenvalue weighted by molar-refractivity contribution is -0.152. The van der Waals surface area contributed by atoms with Crippen molar-refractivity contribution in [3.8, 4) is 0 Å². The van der Waals surface area contributed by atoms with Gasteiger partial charge in [-0.15, -0.1) is 0 Å². The van der Waals surface area contributed by atoms with Crippen LogP contribution in [0.15, 0.2) is 24.3 Å². The highest BCUT2D eigenvalue weighted by molar-refractivity contribution is 6.30. The first-order valence-electron chi connectivity index (χ1n) is 7.30. The van der Waals surface area contributed by atoms with E-state index in [2.05, 4.69) is 5.32 Å². The normalized spacial score (nSPS) is 18.5. The van der Waals surface area contributed by atoms with Crippen molar-refractivity contribution in [2.45, 2.75) is 31.7 Å². The summed E-state index contributed by atoms with van der Waals surface area (Å²) in [5.74, 6) is -1.60. The van der Waals surface area contributed by atoms with E-state index in [0.717, 1.165) is 5.56 Å². The number of hydrogen-bond donors (Lipinski definition) is 2. The van der Waals surface area contributed by atoms with Crippen LogP contribution in [0, 0.1) is 5.92 Å². The number of nitrogens with one attached hydrogen (secondary N) is 1. The van der Waals surface area contributed by atoms with Crippen LogP contribution >= 0.6 is 11.6 Å². The highest BCUT2D eigenvalue weighted by Gasteiger charge is 2.42. The Morgan fingerprint density at radius 2 is 2.09 bits per heavy atom. The zero-order valence-corrected chi connectivity index (χ0v) is 13.2. The molecule has 5 nitrogen and oxygen atoms in total. The number of carboxylic acids is 1. The summed E-state index contributed by atoms with van der Waals surface area (Å²) in [6.07, 6.45) is 1.09. The molecule has 0 aromatic heterocycles. The molecule has 1 heterocycles. The molecule has 0 bridgehead atoms. The summed E-state index contributed by atoms with van der Waals surface area (Å²) >= 11 is 5.94. The summed E-state index contributed by atoms with van der Waals surface area (Å²) in [6, 6.07) is 7.32. The van der Waals surface area contributed by atoms with Gasteiger partial charge in [0.05, 0.1) is 0 Å². The smallest absolute Gasteiger partial charge is 0.329 e. The predicted octanol–water partition coefficient (Wildman–Crippen LogP) is 2.27. The number of amides is 1. The molecule has 0 radical (unpaired) electrons. The zero-order chi connectivity index (χ0) is 16.2. The van der Waals surface area contributed by atoms with Crippen molar-refractivity contribution >= 4 is 23.5 Å². The molecular weight excluding hydrogens is 306 g/mol. The first kappa shape index (κ1) is 16.8. The van der Waals surface area contributed by atoms with Gasteiger partial charge in [0, 0.05) is 37.0 Å². The molecule has 1 aliphatic rings. The minimum atomic E-state index is -1.21. The molecule has 1 amide bonds. The van der Waals surface area contributed by atoms with Crippen molar-refractivity contribution < 1.29 is 19.4 Å². The molecule has 120 valence electrons. The standard InChI is InChI=1S/C16H20ClNO4/c1-11(9-12-3-2-4-13(17)10-12)14(19)18-16(15(20)21)5-7-22-8-6-16/h2-4,10-11H,5-9H2,1H3,(H,18,19)(H,20,21). The summed E-state index contributed by atoms with van der Waals surface area (Å²) in [5.41, 5.74) is -0.260. The van der Waals surface area contributed by atoms with E-state index in [0.29, 0.717) is 24.7 Å². The van der Waals surface area contributed by atoms with Crippen molar-refractivity contribution in [3.05, 3.63) is 34.9 Å². The second kappa shape index (κ2) is 7.11. The number of hydrogen-bond acceptors (Lipinski definition) is 3. The van der Waals surface area contributed by atoms with Crippen molar-refractivity contribution in [2.75, 3.05) is 13.2 Å². The fourth-order valence-electron chi connectivity index (χ4n) is 2.58. The molecule has 1 aromatic carbocycles. The van der Waals surface area contributed by atoms with E-state index in [9.17, 15) is 14.7 Å². The molecule has 1 aliphatic heterocycles. The summed E-state index contributed by atoms with van der Waals surface area (Å²) in [4.78, 5) is 23.9. The van der Waals surface area contributed by atoms with Gasteiger partial charge in [-0.05, 0) is 24.1 Å². The second-order valence-electron chi connectivity index (χ2n) is 5.72. The number of halogens is 1. The van der Waals surface area contributed by atoms with Gasteiger partial charge in [0.1, 0.15) is 5.54 Å². The molecular formula is C16H20ClNO4. The molecule has 6 heteroatoms. The summed E-state index contributed by atoms with van der Waals surface area (Å²) in [7, 11) is 0. The minimum Gasteiger partial charge on any atom is -0.480 e. The highest BCUT2D eigenvalue weighted by atomic mass is 35.5. The third-order valence-corrected chi connectivity index (χ3v) is 4.23. The Morgan fingerprint density at radius 3 is 2.68 bits per heavy atom. The Labute approximate surface area is 134 Å². The van der Waals surface area contributed by atoms with E-state index in [-0.39, 0.29) is 24.7 Å². The van der Waals surface area contributed by atoms with Crippen molar-refractivity contribution in [1.29, 1.82) is 0 Å². The number of benzene rings is 1. The van der Waals surface area contributed by atoms with Crippen LogP contribution in [0.25, 0.3) is 0 Å². The molecule has 1 saturated heterocycles. The quantitative estimate of drug-likeness (QED) is 0.870. The zero-order valence-electron chi connectivity index (χ0n) is 12.5. The van der Waals surface area contributed by atoms with Gasteiger partial charge in [0.25, 0.3) is 0 Å². The lowest BCUT2D eigenvalue weighted by Crippen LogP contribution is -2.58. The molecule has 22 heavy (non-hydrogen) atoms. The molecule has 0 spiro atoms. The largest absolute Gasteiger partial charge is 0.480 e. The lowest BCUT2D eigenvalue weighted by Gasteiger charge is -2.34. The predicted molar refractivity (Wildman–Crippen MR) is 82.9 cm³/mol. The van der Waals surface area contributed by atoms with Crippen LogP contribution in [-0.4, -0.2) is 35.7 Å². The van der Waals surface area contributed by atoms with Crippen molar-refractivity contribution in [3.63, 3.8) is 0 Å². The third-order valence-electron chi connectivity index (χ3n) is 4.00. The SMILES string of the molecule is CC(Cc1cccc(Cl)c1)C(=O)NC1(C(=O)O)CCOCC1. The van der Waals surface area contributed by atoms with Gasteiger partial charge in [-0.25, -0.2) is 4.79 Å². The van der Waals surface area contributed by atoms with Crippen LogP contribution in [0.4, 0.5) is 0 Å². The van der Waals surface area contributed by atoms with Crippen molar-refractivity contribution in [2.24, 2.45) is 5.92 Å². The van der Waals surface area contributed by atoms with Crippen LogP contribution < -0.4 is 5.32 Å².